The lowest BCUT2D eigenvalue weighted by Gasteiger charge is -2.17. The maximum absolute atomic E-state index is 12.3. The molecule has 0 amide bonds. The van der Waals surface area contributed by atoms with Gasteiger partial charge in [0.25, 0.3) is 0 Å². The summed E-state index contributed by atoms with van der Waals surface area (Å²) in [6, 6.07) is 11.8. The van der Waals surface area contributed by atoms with E-state index in [0.29, 0.717) is 18.1 Å². The second-order valence-electron chi connectivity index (χ2n) is 5.89. The summed E-state index contributed by atoms with van der Waals surface area (Å²) >= 11 is 0. The molecule has 0 aliphatic rings. The van der Waals surface area contributed by atoms with Crippen LogP contribution in [0.5, 0.6) is 0 Å². The quantitative estimate of drug-likeness (QED) is 0.774. The van der Waals surface area contributed by atoms with Crippen LogP contribution in [0, 0.1) is 5.92 Å². The molecule has 0 unspecified atom stereocenters. The van der Waals surface area contributed by atoms with Gasteiger partial charge in [-0.2, -0.15) is 0 Å². The molecular weight excluding hydrogens is 262 g/mol. The largest absolute Gasteiger partial charge is 0.462 e. The van der Waals surface area contributed by atoms with Crippen LogP contribution in [-0.2, 0) is 4.74 Å². The average Bonchev–Trinajstić information content (AvgIpc) is 2.45. The van der Waals surface area contributed by atoms with Crippen LogP contribution in [0.3, 0.4) is 0 Å². The molecule has 3 heteroatoms. The molecular formula is C18H23NO2. The first-order valence-electron chi connectivity index (χ1n) is 7.37. The predicted octanol–water partition coefficient (Wildman–Crippen LogP) is 4.11. The van der Waals surface area contributed by atoms with Gasteiger partial charge in [-0.1, -0.05) is 38.1 Å². The van der Waals surface area contributed by atoms with Crippen molar-refractivity contribution in [1.29, 1.82) is 0 Å². The molecule has 0 aromatic heterocycles. The van der Waals surface area contributed by atoms with Gasteiger partial charge in [-0.3, -0.25) is 0 Å². The van der Waals surface area contributed by atoms with E-state index in [9.17, 15) is 4.79 Å². The van der Waals surface area contributed by atoms with Crippen LogP contribution in [0.15, 0.2) is 36.4 Å². The molecule has 2 rings (SSSR count). The number of ether oxygens (including phenoxy) is 1. The molecule has 0 aliphatic heterocycles. The van der Waals surface area contributed by atoms with Crippen molar-refractivity contribution in [3.05, 3.63) is 42.0 Å². The van der Waals surface area contributed by atoms with Crippen molar-refractivity contribution in [3.63, 3.8) is 0 Å². The molecule has 0 atom stereocenters. The number of hydrogen-bond acceptors (Lipinski definition) is 3. The van der Waals surface area contributed by atoms with E-state index in [0.717, 1.165) is 22.9 Å². The topological polar surface area (TPSA) is 29.5 Å². The minimum atomic E-state index is -0.239. The fraction of sp³-hybridized carbons (Fsp3) is 0.389. The van der Waals surface area contributed by atoms with E-state index in [1.165, 1.54) is 0 Å². The van der Waals surface area contributed by atoms with Crippen molar-refractivity contribution in [2.24, 2.45) is 5.92 Å². The molecule has 2 aromatic rings. The number of rotatable bonds is 5. The molecule has 0 saturated carbocycles. The van der Waals surface area contributed by atoms with Gasteiger partial charge in [0.05, 0.1) is 12.2 Å². The second-order valence-corrected chi connectivity index (χ2v) is 5.89. The Kier molecular flexibility index (Phi) is 4.84. The Hall–Kier alpha value is -2.03. The van der Waals surface area contributed by atoms with Crippen LogP contribution in [0.2, 0.25) is 0 Å². The van der Waals surface area contributed by atoms with Gasteiger partial charge in [0.15, 0.2) is 0 Å². The summed E-state index contributed by atoms with van der Waals surface area (Å²) in [5.41, 5.74) is 1.74. The van der Waals surface area contributed by atoms with Crippen molar-refractivity contribution in [2.45, 2.75) is 20.3 Å². The standard InChI is InChI=1S/C18H23NO2/c1-13(2)11-12-21-18(20)16-9-10-17(19(3)4)15-8-6-5-7-14(15)16/h5-10,13H,11-12H2,1-4H3. The normalized spacial score (nSPS) is 10.9. The Morgan fingerprint density at radius 2 is 1.76 bits per heavy atom. The SMILES string of the molecule is CC(C)CCOC(=O)c1ccc(N(C)C)c2ccccc12. The van der Waals surface area contributed by atoms with Crippen LogP contribution >= 0.6 is 0 Å². The summed E-state index contributed by atoms with van der Waals surface area (Å²) < 4.78 is 5.39. The number of esters is 1. The summed E-state index contributed by atoms with van der Waals surface area (Å²) in [5, 5.41) is 2.01. The zero-order valence-corrected chi connectivity index (χ0v) is 13.2. The van der Waals surface area contributed by atoms with E-state index < -0.39 is 0 Å². The van der Waals surface area contributed by atoms with E-state index in [1.807, 2.05) is 50.5 Å². The molecule has 112 valence electrons. The van der Waals surface area contributed by atoms with E-state index >= 15 is 0 Å². The van der Waals surface area contributed by atoms with Crippen LogP contribution in [0.1, 0.15) is 30.6 Å². The fourth-order valence-electron chi connectivity index (χ4n) is 2.32. The van der Waals surface area contributed by atoms with Gasteiger partial charge >= 0.3 is 5.97 Å². The monoisotopic (exact) mass is 285 g/mol. The lowest BCUT2D eigenvalue weighted by Crippen LogP contribution is -2.12. The highest BCUT2D eigenvalue weighted by molar-refractivity contribution is 6.08. The third kappa shape index (κ3) is 3.54. The lowest BCUT2D eigenvalue weighted by atomic mass is 10.0. The molecule has 0 saturated heterocycles. The van der Waals surface area contributed by atoms with Crippen LogP contribution in [0.4, 0.5) is 5.69 Å². The van der Waals surface area contributed by atoms with E-state index in [4.69, 9.17) is 4.74 Å². The summed E-state index contributed by atoms with van der Waals surface area (Å²) in [4.78, 5) is 14.3. The molecule has 21 heavy (non-hydrogen) atoms. The Morgan fingerprint density at radius 1 is 1.10 bits per heavy atom. The van der Waals surface area contributed by atoms with Crippen molar-refractivity contribution >= 4 is 22.4 Å². The van der Waals surface area contributed by atoms with Crippen molar-refractivity contribution in [1.82, 2.24) is 0 Å². The van der Waals surface area contributed by atoms with Gasteiger partial charge in [-0.25, -0.2) is 4.79 Å². The number of benzene rings is 2. The van der Waals surface area contributed by atoms with E-state index in [1.54, 1.807) is 0 Å². The van der Waals surface area contributed by atoms with Gasteiger partial charge in [0.1, 0.15) is 0 Å². The zero-order valence-electron chi connectivity index (χ0n) is 13.2. The molecule has 0 aliphatic carbocycles. The first-order valence-corrected chi connectivity index (χ1v) is 7.37. The third-order valence-electron chi connectivity index (χ3n) is 3.53. The molecule has 3 nitrogen and oxygen atoms in total. The van der Waals surface area contributed by atoms with Crippen LogP contribution in [-0.4, -0.2) is 26.7 Å². The summed E-state index contributed by atoms with van der Waals surface area (Å²) in [5.74, 6) is 0.294. The van der Waals surface area contributed by atoms with Gasteiger partial charge < -0.3 is 9.64 Å². The molecule has 0 radical (unpaired) electrons. The predicted molar refractivity (Wildman–Crippen MR) is 88.0 cm³/mol. The highest BCUT2D eigenvalue weighted by Gasteiger charge is 2.14. The third-order valence-corrected chi connectivity index (χ3v) is 3.53. The fourth-order valence-corrected chi connectivity index (χ4v) is 2.32. The minimum Gasteiger partial charge on any atom is -0.462 e. The average molecular weight is 285 g/mol. The highest BCUT2D eigenvalue weighted by Crippen LogP contribution is 2.28. The Bertz CT molecular complexity index is 632. The smallest absolute Gasteiger partial charge is 0.338 e. The number of carbonyl (C=O) groups is 1. The Labute approximate surface area is 126 Å². The molecule has 0 heterocycles. The van der Waals surface area contributed by atoms with Gasteiger partial charge in [-0.15, -0.1) is 0 Å². The molecule has 0 N–H and O–H groups in total. The highest BCUT2D eigenvalue weighted by atomic mass is 16.5. The lowest BCUT2D eigenvalue weighted by molar-refractivity contribution is 0.0490. The summed E-state index contributed by atoms with van der Waals surface area (Å²) in [7, 11) is 4.00. The minimum absolute atomic E-state index is 0.239. The number of anilines is 1. The van der Waals surface area contributed by atoms with Crippen molar-refractivity contribution in [2.75, 3.05) is 25.6 Å². The molecule has 0 fully saturated rings. The van der Waals surface area contributed by atoms with Gasteiger partial charge in [-0.05, 0) is 29.9 Å². The maximum Gasteiger partial charge on any atom is 0.338 e. The van der Waals surface area contributed by atoms with E-state index in [-0.39, 0.29) is 5.97 Å². The summed E-state index contributed by atoms with van der Waals surface area (Å²) in [6.45, 7) is 4.71. The van der Waals surface area contributed by atoms with E-state index in [2.05, 4.69) is 18.7 Å². The summed E-state index contributed by atoms with van der Waals surface area (Å²) in [6.07, 6.45) is 0.888. The van der Waals surface area contributed by atoms with Crippen LogP contribution in [0.25, 0.3) is 10.8 Å². The first kappa shape index (κ1) is 15.4. The number of carbonyl (C=O) groups excluding carboxylic acids is 1. The Balaban J connectivity index is 2.33. The van der Waals surface area contributed by atoms with Gasteiger partial charge in [0, 0.05) is 25.2 Å². The zero-order chi connectivity index (χ0) is 15.4. The second kappa shape index (κ2) is 6.61. The maximum atomic E-state index is 12.3. The number of hydrogen-bond donors (Lipinski definition) is 0. The number of fused-ring (bicyclic) bond motifs is 1. The van der Waals surface area contributed by atoms with Crippen molar-refractivity contribution in [3.8, 4) is 0 Å². The number of nitrogens with zero attached hydrogens (tertiary/aromatic N) is 1. The van der Waals surface area contributed by atoms with Crippen LogP contribution < -0.4 is 4.90 Å². The first-order chi connectivity index (χ1) is 10.0. The molecule has 0 bridgehead atoms. The molecule has 2 aromatic carbocycles. The van der Waals surface area contributed by atoms with Gasteiger partial charge in [0.2, 0.25) is 0 Å². The Morgan fingerprint density at radius 3 is 2.38 bits per heavy atom. The molecule has 0 spiro atoms. The van der Waals surface area contributed by atoms with Crippen molar-refractivity contribution < 1.29 is 9.53 Å².